The lowest BCUT2D eigenvalue weighted by Crippen LogP contribution is -2.34. The second-order valence-electron chi connectivity index (χ2n) is 30.4. The van der Waals surface area contributed by atoms with Gasteiger partial charge in [-0.25, -0.2) is 48.8 Å². The summed E-state index contributed by atoms with van der Waals surface area (Å²) in [5.41, 5.74) is 12.7. The second kappa shape index (κ2) is 73.5. The number of ketones is 2. The van der Waals surface area contributed by atoms with Crippen LogP contribution in [0, 0.1) is 11.8 Å². The van der Waals surface area contributed by atoms with Crippen molar-refractivity contribution >= 4 is 139 Å². The molecule has 0 bridgehead atoms. The number of carbonyl (C=O) groups excluding carboxylic acids is 7. The van der Waals surface area contributed by atoms with Crippen LogP contribution in [0.5, 0.6) is 0 Å². The third-order valence-corrected chi connectivity index (χ3v) is 28.0. The van der Waals surface area contributed by atoms with Crippen LogP contribution in [0.4, 0.5) is 0 Å². The molecule has 0 spiro atoms. The Labute approximate surface area is 818 Å². The summed E-state index contributed by atoms with van der Waals surface area (Å²) in [6.07, 6.45) is 14.7. The molecule has 5 saturated heterocycles. The highest BCUT2D eigenvalue weighted by Crippen LogP contribution is 2.45. The van der Waals surface area contributed by atoms with Crippen molar-refractivity contribution in [3.05, 3.63) is 112 Å². The summed E-state index contributed by atoms with van der Waals surface area (Å²) in [5, 5.41) is 48.0. The zero-order valence-corrected chi connectivity index (χ0v) is 84.0. The molecule has 5 fully saturated rings. The van der Waals surface area contributed by atoms with Crippen molar-refractivity contribution in [2.24, 2.45) is 29.0 Å². The number of unbranched alkanes of at least 4 members (excludes halogenated alkanes) is 8. The molecule has 796 valence electrons. The van der Waals surface area contributed by atoms with Gasteiger partial charge in [0, 0.05) is 107 Å². The van der Waals surface area contributed by atoms with Crippen molar-refractivity contribution in [2.45, 2.75) is 219 Å². The van der Waals surface area contributed by atoms with Crippen molar-refractivity contribution < 1.29 is 162 Å². The van der Waals surface area contributed by atoms with E-state index in [4.69, 9.17) is 68.5 Å². The predicted molar refractivity (Wildman–Crippen MR) is 524 cm³/mol. The van der Waals surface area contributed by atoms with Gasteiger partial charge in [-0.2, -0.15) is 22.4 Å². The second-order valence-corrected chi connectivity index (χ2v) is 42.7. The van der Waals surface area contributed by atoms with E-state index in [0.717, 1.165) is 103 Å². The molecule has 0 saturated carbocycles. The van der Waals surface area contributed by atoms with Crippen molar-refractivity contribution in [2.75, 3.05) is 127 Å². The van der Waals surface area contributed by atoms with Crippen LogP contribution < -0.4 is 50.3 Å². The largest absolute Gasteiger partial charge is 0.505 e. The molecule has 0 radical (unpaired) electrons. The number of thiol groups is 1. The quantitative estimate of drug-likeness (QED) is 0.0146. The monoisotopic (exact) mass is 2150 g/mol. The van der Waals surface area contributed by atoms with Crippen LogP contribution in [0.1, 0.15) is 196 Å². The SMILES string of the molecule is C.C.C=CS(=O)(=O)CC(=O)ON1C(=O)CCC1=O.C=CS(=O)(=O)CC(C)=O.CC(=O)CS(=O)(=O)C=CSCCCCCCOP(=O)(O)OCCCC1OC(n2cc(/C=C/C(=O)NCCCCN)c(=O)[nH]c2=O)CC1O.CN.NCCCCNC(=O)/C=C/c1cn(C2CC(O)C(CCCOP(=O)(O)OCCCCCCS)O2)c(=O)[nH]c1=O.O=[P+](O)CC1CCOC1CO.O=[P+](O)CC1CCOC1CO.[3HH].[3HH]. The number of sulfone groups is 3. The van der Waals surface area contributed by atoms with Gasteiger partial charge in [0.1, 0.15) is 35.5 Å². The number of Topliss-reactive ketones (excluding diaryl/α,β-unsaturated/α-hetero) is 2. The van der Waals surface area contributed by atoms with Gasteiger partial charge in [-0.1, -0.05) is 53.7 Å². The number of aromatic nitrogens is 4. The highest BCUT2D eigenvalue weighted by molar-refractivity contribution is 8.03. The number of H-pyrrole nitrogens is 2. The molecule has 7 rings (SSSR count). The molecule has 14 unspecified atom stereocenters. The first-order valence-corrected chi connectivity index (χ1v) is 55.9. The fourth-order valence-electron chi connectivity index (χ4n) is 12.4. The van der Waals surface area contributed by atoms with Crippen molar-refractivity contribution in [3.63, 3.8) is 0 Å². The number of rotatable bonds is 56. The Morgan fingerprint density at radius 3 is 1.33 bits per heavy atom. The van der Waals surface area contributed by atoms with Crippen molar-refractivity contribution in [1.82, 2.24) is 34.8 Å². The lowest BCUT2D eigenvalue weighted by Gasteiger charge is -2.17. The van der Waals surface area contributed by atoms with Gasteiger partial charge >= 0.3 is 49.1 Å². The summed E-state index contributed by atoms with van der Waals surface area (Å²) < 4.78 is 155. The average molecular weight is 2160 g/mol. The Bertz CT molecular complexity index is 4860. The number of ether oxygens (including phenoxy) is 4. The van der Waals surface area contributed by atoms with Crippen LogP contribution in [0.15, 0.2) is 78.5 Å². The maximum Gasteiger partial charge on any atom is 0.505 e. The first-order chi connectivity index (χ1) is 64.2. The normalized spacial score (nSPS) is 20.5. The zero-order chi connectivity index (χ0) is 103. The molecule has 5 aliphatic heterocycles. The number of phosphoric acid groups is 2. The highest BCUT2D eigenvalue weighted by atomic mass is 32.2. The number of phosphoric ester groups is 2. The molecule has 138 heavy (non-hydrogen) atoms. The molecule has 2 aromatic rings. The van der Waals surface area contributed by atoms with E-state index >= 15 is 0 Å². The Hall–Kier alpha value is -6.60. The molecule has 5 aliphatic rings. The Kier molecular flexibility index (Phi) is 71.0. The number of aliphatic hydroxyl groups is 4. The average Bonchev–Trinajstić information content (AvgIpc) is 1.65. The molecule has 18 N–H and O–H groups in total. The van der Waals surface area contributed by atoms with Gasteiger partial charge in [0.25, 0.3) is 22.9 Å². The number of aromatic amines is 2. The molecular formula is C81H146N10O38P4S5+2. The van der Waals surface area contributed by atoms with Crippen LogP contribution in [0.25, 0.3) is 12.2 Å². The molecule has 2 aromatic heterocycles. The van der Waals surface area contributed by atoms with Crippen LogP contribution >= 0.6 is 56.1 Å². The Morgan fingerprint density at radius 1 is 0.587 bits per heavy atom. The first kappa shape index (κ1) is 133. The van der Waals surface area contributed by atoms with Crippen LogP contribution in [0.3, 0.4) is 0 Å². The third-order valence-electron chi connectivity index (χ3n) is 19.2. The summed E-state index contributed by atoms with van der Waals surface area (Å²) in [6, 6.07) is 0. The van der Waals surface area contributed by atoms with Gasteiger partial charge in [-0.3, -0.25) is 75.6 Å². The number of hydroxylamine groups is 2. The first-order valence-electron chi connectivity index (χ1n) is 43.3. The number of hydrogen-bond donors (Lipinski definition) is 16. The number of carbonyl (C=O) groups is 7. The fraction of sp³-hybridized carbons (Fsp3) is 0.691. The van der Waals surface area contributed by atoms with Crippen LogP contribution in [-0.2, 0) is 123 Å². The highest BCUT2D eigenvalue weighted by Gasteiger charge is 2.40. The van der Waals surface area contributed by atoms with Gasteiger partial charge < -0.3 is 81.8 Å². The van der Waals surface area contributed by atoms with E-state index in [1.807, 2.05) is 0 Å². The standard InChI is InChI=1S/C29H47N4O12PS2.C24H41N4O9PS.C8H9NO6S.2C6H11O4P.C5H8O3S.CH5N.2CH4.2H2/c1-22(34)21-48(41,42)18-17-47-16-7-3-2-6-14-43-46(39,40)44-15-8-9-25-24(35)19-27(45-25)33-20-23(28(37)32-29(33)38)10-11-26(36)31-13-5-4-12-30;25-11-3-4-12-26-21(30)10-9-18-17-28(24(32)27-23(18)31)22-16-19(29)20(37-22)8-7-14-36-38(33,34)35-13-5-1-2-6-15-39;1-2-16(13,14)5-8(12)15-9-6(10)3-4-7(9)11;2*7-3-6-5(1-2-10-6)4-11(8)9;1-3-9(7,8)4-5(2)6;1-2;;;;/h10-11,17-18,20,24-25,27,35H,2-9,12-16,19,21,30H2,1H3,(H,31,36)(H,39,40)(H,32,37,38);9-10,17,19-20,22,29,39H,1-8,11-16,25H2,(H,26,30)(H,33,34)(H,27,31,32);2H,1,3-5H2;2*5-7H,1-4H2;3H,1,4H2,2H3;2H2,1H3;2*1H4;2*1H/p+2/b11-10+,18-17?;10-9+;;;;;;;;;/i;;;;;;;;;2*1+2. The lowest BCUT2D eigenvalue weighted by atomic mass is 10.1. The van der Waals surface area contributed by atoms with Crippen LogP contribution in [0.2, 0.25) is 0 Å². The number of thioether (sulfide) groups is 1. The smallest absolute Gasteiger partial charge is 0.394 e. The number of aliphatic hydroxyl groups excluding tert-OH is 4. The lowest BCUT2D eigenvalue weighted by molar-refractivity contribution is -0.195. The fourth-order valence-corrected chi connectivity index (χ4v) is 19.2. The number of amides is 4. The van der Waals surface area contributed by atoms with Gasteiger partial charge in [-0.15, -0.1) is 16.8 Å². The number of imide groups is 1. The number of nitrogens with one attached hydrogen (secondary N) is 4. The van der Waals surface area contributed by atoms with E-state index in [9.17, 15) is 116 Å². The van der Waals surface area contributed by atoms with E-state index < -0.39 is 167 Å². The van der Waals surface area contributed by atoms with Gasteiger partial charge in [0.15, 0.2) is 47.6 Å². The van der Waals surface area contributed by atoms with Crippen molar-refractivity contribution in [1.29, 1.82) is 0 Å². The molecular weight excluding hydrogens is 2010 g/mol. The number of nitrogens with two attached hydrogens (primary N) is 3. The minimum atomic E-state index is -4.28. The molecule has 0 aromatic carbocycles. The summed E-state index contributed by atoms with van der Waals surface area (Å²) in [4.78, 5) is 173. The molecule has 7 heterocycles. The van der Waals surface area contributed by atoms with E-state index in [1.165, 1.54) is 74.8 Å². The van der Waals surface area contributed by atoms with Crippen molar-refractivity contribution in [3.8, 4) is 0 Å². The van der Waals surface area contributed by atoms with E-state index in [2.05, 4.69) is 57.0 Å². The van der Waals surface area contributed by atoms with Crippen LogP contribution in [-0.4, -0.2) is 294 Å². The topological polar surface area (TPSA) is 750 Å². The third kappa shape index (κ3) is 59.5. The molecule has 48 nitrogen and oxygen atoms in total. The van der Waals surface area contributed by atoms with Gasteiger partial charge in [-0.05, 0) is 162 Å². The van der Waals surface area contributed by atoms with E-state index in [1.54, 1.807) is 0 Å². The summed E-state index contributed by atoms with van der Waals surface area (Å²) >= 11 is 5.46. The molecule has 0 aliphatic carbocycles. The van der Waals surface area contributed by atoms with Gasteiger partial charge in [0.2, 0.25) is 11.8 Å². The minimum absolute atomic E-state index is 0. The van der Waals surface area contributed by atoms with Gasteiger partial charge in [0.05, 0.1) is 87.4 Å². The molecule has 14 atom stereocenters. The minimum Gasteiger partial charge on any atom is -0.394 e. The summed E-state index contributed by atoms with van der Waals surface area (Å²) in [5.74, 6) is -4.36. The van der Waals surface area contributed by atoms with E-state index in [-0.39, 0.29) is 155 Å². The Balaban J connectivity index is -0.000000882. The maximum atomic E-state index is 12.5. The predicted octanol–water partition coefficient (Wildman–Crippen LogP) is 4.05. The summed E-state index contributed by atoms with van der Waals surface area (Å²) in [6.45, 7) is 11.5. The number of nitrogens with zero attached hydrogens (tertiary/aromatic N) is 3. The molecule has 57 heteroatoms. The maximum absolute atomic E-state index is 12.5. The van der Waals surface area contributed by atoms with E-state index in [0.29, 0.717) is 81.3 Å². The summed E-state index contributed by atoms with van der Waals surface area (Å²) in [7, 11) is -21.7. The zero-order valence-electron chi connectivity index (χ0n) is 76.2. The Morgan fingerprint density at radius 2 is 0.964 bits per heavy atom. The molecule has 4 amide bonds. The number of hydrogen-bond acceptors (Lipinski definition) is 39.